The van der Waals surface area contributed by atoms with Crippen molar-refractivity contribution >= 4 is 22.6 Å². The highest BCUT2D eigenvalue weighted by molar-refractivity contribution is 5.65. The first-order chi connectivity index (χ1) is 15.4. The molecule has 2 fully saturated rings. The topological polar surface area (TPSA) is 35.7 Å². The van der Waals surface area contributed by atoms with Gasteiger partial charge in [-0.2, -0.15) is 0 Å². The van der Waals surface area contributed by atoms with Gasteiger partial charge in [0.25, 0.3) is 0 Å². The van der Waals surface area contributed by atoms with E-state index >= 15 is 0 Å². The predicted molar refractivity (Wildman–Crippen MR) is 134 cm³/mol. The molecular weight excluding hydrogens is 399 g/mol. The molecule has 4 nitrogen and oxygen atoms in total. The van der Waals surface area contributed by atoms with Crippen LogP contribution < -0.4 is 15.5 Å². The third-order valence-corrected chi connectivity index (χ3v) is 6.88. The van der Waals surface area contributed by atoms with E-state index in [1.165, 1.54) is 18.5 Å². The van der Waals surface area contributed by atoms with Gasteiger partial charge in [-0.25, -0.2) is 4.39 Å². The minimum atomic E-state index is -0.174. The van der Waals surface area contributed by atoms with Crippen LogP contribution in [0.2, 0.25) is 0 Å². The number of allylic oxidation sites excluding steroid dienone is 1. The number of halogens is 1. The summed E-state index contributed by atoms with van der Waals surface area (Å²) >= 11 is 0. The maximum Gasteiger partial charge on any atom is 0.132 e. The van der Waals surface area contributed by atoms with Crippen LogP contribution >= 0.6 is 0 Å². The van der Waals surface area contributed by atoms with Gasteiger partial charge in [-0.3, -0.25) is 4.90 Å². The second-order valence-corrected chi connectivity index (χ2v) is 9.23. The fraction of sp³-hybridized carbons (Fsp3) is 0.407. The van der Waals surface area contributed by atoms with Gasteiger partial charge in [0.05, 0.1) is 0 Å². The minimum absolute atomic E-state index is 0.174. The molecule has 0 spiro atoms. The smallest absolute Gasteiger partial charge is 0.132 e. The van der Waals surface area contributed by atoms with Crippen molar-refractivity contribution in [3.8, 4) is 0 Å². The Labute approximate surface area is 191 Å². The Hall–Kier alpha value is -2.79. The zero-order valence-electron chi connectivity index (χ0n) is 19.2. The summed E-state index contributed by atoms with van der Waals surface area (Å²) in [5.41, 5.74) is 11.0. The molecule has 0 unspecified atom stereocenters. The van der Waals surface area contributed by atoms with Crippen molar-refractivity contribution in [1.82, 2.24) is 4.90 Å². The molecule has 2 aliphatic heterocycles. The van der Waals surface area contributed by atoms with E-state index in [0.717, 1.165) is 68.6 Å². The third-order valence-electron chi connectivity index (χ3n) is 6.88. The third kappa shape index (κ3) is 5.16. The van der Waals surface area contributed by atoms with E-state index in [1.54, 1.807) is 6.07 Å². The van der Waals surface area contributed by atoms with Gasteiger partial charge in [-0.1, -0.05) is 25.3 Å². The SMILES string of the molecule is C=C(N)c1ccc(N2CCC(CN3CCN(c4ccc(C(=C)C)c(F)c4)CC3)CC2)cc1. The highest BCUT2D eigenvalue weighted by atomic mass is 19.1. The Balaban J connectivity index is 1.23. The molecule has 2 N–H and O–H groups in total. The van der Waals surface area contributed by atoms with E-state index in [9.17, 15) is 4.39 Å². The molecule has 0 aliphatic carbocycles. The molecule has 5 heteroatoms. The summed E-state index contributed by atoms with van der Waals surface area (Å²) in [7, 11) is 0. The van der Waals surface area contributed by atoms with Crippen LogP contribution in [0.4, 0.5) is 15.8 Å². The van der Waals surface area contributed by atoms with Crippen LogP contribution in [-0.2, 0) is 0 Å². The number of hydrogen-bond acceptors (Lipinski definition) is 4. The minimum Gasteiger partial charge on any atom is -0.399 e. The molecule has 32 heavy (non-hydrogen) atoms. The first kappa shape index (κ1) is 22.4. The van der Waals surface area contributed by atoms with Crippen molar-refractivity contribution in [2.45, 2.75) is 19.8 Å². The second-order valence-electron chi connectivity index (χ2n) is 9.23. The fourth-order valence-electron chi connectivity index (χ4n) is 4.86. The molecule has 2 saturated heterocycles. The van der Waals surface area contributed by atoms with Crippen LogP contribution in [0.25, 0.3) is 11.3 Å². The number of piperidine rings is 1. The predicted octanol–water partition coefficient (Wildman–Crippen LogP) is 4.83. The maximum absolute atomic E-state index is 14.3. The van der Waals surface area contributed by atoms with Crippen molar-refractivity contribution in [1.29, 1.82) is 0 Å². The van der Waals surface area contributed by atoms with Crippen LogP contribution in [0.1, 0.15) is 30.9 Å². The average molecular weight is 435 g/mol. The van der Waals surface area contributed by atoms with E-state index < -0.39 is 0 Å². The quantitative estimate of drug-likeness (QED) is 0.707. The molecule has 2 aromatic carbocycles. The summed E-state index contributed by atoms with van der Waals surface area (Å²) in [5, 5.41) is 0. The van der Waals surface area contributed by atoms with Gasteiger partial charge in [0.15, 0.2) is 0 Å². The number of benzene rings is 2. The van der Waals surface area contributed by atoms with Crippen molar-refractivity contribution in [3.05, 3.63) is 72.6 Å². The summed E-state index contributed by atoms with van der Waals surface area (Å²) in [5.74, 6) is 0.569. The first-order valence-corrected chi connectivity index (χ1v) is 11.6. The highest BCUT2D eigenvalue weighted by Gasteiger charge is 2.24. The summed E-state index contributed by atoms with van der Waals surface area (Å²) in [6.07, 6.45) is 2.44. The van der Waals surface area contributed by atoms with Gasteiger partial charge in [0.1, 0.15) is 5.82 Å². The molecule has 170 valence electrons. The van der Waals surface area contributed by atoms with E-state index in [-0.39, 0.29) is 5.82 Å². The standard InChI is InChI=1S/C27H35FN4/c1-20(2)26-9-8-25(18-27(26)28)32-16-14-30(15-17-32)19-22-10-12-31(13-11-22)24-6-4-23(5-7-24)21(3)29/h4-9,18,22H,1,3,10-17,19,29H2,2H3. The zero-order valence-corrected chi connectivity index (χ0v) is 19.2. The Kier molecular flexibility index (Phi) is 6.85. The summed E-state index contributed by atoms with van der Waals surface area (Å²) < 4.78 is 14.3. The second kappa shape index (κ2) is 9.78. The number of piperazine rings is 1. The van der Waals surface area contributed by atoms with Gasteiger partial charge in [0.2, 0.25) is 0 Å². The van der Waals surface area contributed by atoms with Gasteiger partial charge in [-0.15, -0.1) is 0 Å². The highest BCUT2D eigenvalue weighted by Crippen LogP contribution is 2.27. The van der Waals surface area contributed by atoms with Crippen LogP contribution in [-0.4, -0.2) is 50.7 Å². The number of anilines is 2. The van der Waals surface area contributed by atoms with Crippen LogP contribution in [0, 0.1) is 11.7 Å². The van der Waals surface area contributed by atoms with Gasteiger partial charge in [0, 0.05) is 68.4 Å². The van der Waals surface area contributed by atoms with E-state index in [4.69, 9.17) is 5.73 Å². The lowest BCUT2D eigenvalue weighted by atomic mass is 9.95. The molecule has 4 rings (SSSR count). The van der Waals surface area contributed by atoms with Crippen molar-refractivity contribution in [3.63, 3.8) is 0 Å². The Bertz CT molecular complexity index is 952. The number of hydrogen-bond donors (Lipinski definition) is 1. The molecule has 0 atom stereocenters. The lowest BCUT2D eigenvalue weighted by Gasteiger charge is -2.40. The average Bonchev–Trinajstić information content (AvgIpc) is 2.80. The van der Waals surface area contributed by atoms with Crippen molar-refractivity contribution in [2.24, 2.45) is 11.7 Å². The normalized spacial score (nSPS) is 18.1. The Morgan fingerprint density at radius 3 is 2.06 bits per heavy atom. The largest absolute Gasteiger partial charge is 0.399 e. The van der Waals surface area contributed by atoms with Gasteiger partial charge >= 0.3 is 0 Å². The molecular formula is C27H35FN4. The molecule has 0 saturated carbocycles. The Morgan fingerprint density at radius 2 is 1.50 bits per heavy atom. The fourth-order valence-corrected chi connectivity index (χ4v) is 4.86. The van der Waals surface area contributed by atoms with Crippen LogP contribution in [0.3, 0.4) is 0 Å². The summed E-state index contributed by atoms with van der Waals surface area (Å²) in [4.78, 5) is 7.35. The summed E-state index contributed by atoms with van der Waals surface area (Å²) in [6.45, 7) is 16.8. The molecule has 2 heterocycles. The van der Waals surface area contributed by atoms with Gasteiger partial charge < -0.3 is 15.5 Å². The maximum atomic E-state index is 14.3. The lowest BCUT2D eigenvalue weighted by Crippen LogP contribution is -2.49. The lowest BCUT2D eigenvalue weighted by molar-refractivity contribution is 0.201. The molecule has 2 aromatic rings. The summed E-state index contributed by atoms with van der Waals surface area (Å²) in [6, 6.07) is 14.0. The zero-order chi connectivity index (χ0) is 22.7. The molecule has 2 aliphatic rings. The Morgan fingerprint density at radius 1 is 0.906 bits per heavy atom. The van der Waals surface area contributed by atoms with Crippen LogP contribution in [0.15, 0.2) is 55.6 Å². The molecule has 0 radical (unpaired) electrons. The van der Waals surface area contributed by atoms with Crippen molar-refractivity contribution in [2.75, 3.05) is 55.6 Å². The van der Waals surface area contributed by atoms with Crippen molar-refractivity contribution < 1.29 is 4.39 Å². The number of nitrogens with two attached hydrogens (primary N) is 1. The monoisotopic (exact) mass is 434 g/mol. The number of rotatable bonds is 6. The van der Waals surface area contributed by atoms with Gasteiger partial charge in [-0.05, 0) is 67.2 Å². The molecule has 0 aromatic heterocycles. The van der Waals surface area contributed by atoms with E-state index in [0.29, 0.717) is 11.3 Å². The number of nitrogens with zero attached hydrogens (tertiary/aromatic N) is 3. The molecule has 0 bridgehead atoms. The van der Waals surface area contributed by atoms with Crippen LogP contribution in [0.5, 0.6) is 0 Å². The first-order valence-electron chi connectivity index (χ1n) is 11.6. The van der Waals surface area contributed by atoms with E-state index in [1.807, 2.05) is 19.1 Å². The van der Waals surface area contributed by atoms with E-state index in [2.05, 4.69) is 52.1 Å². The molecule has 0 amide bonds.